The summed E-state index contributed by atoms with van der Waals surface area (Å²) in [5.41, 5.74) is 0.665. The zero-order chi connectivity index (χ0) is 28.6. The molecule has 7 nitrogen and oxygen atoms in total. The highest BCUT2D eigenvalue weighted by atomic mass is 35.5. The molecule has 0 heterocycles. The van der Waals surface area contributed by atoms with Gasteiger partial charge in [0.2, 0.25) is 11.8 Å². The van der Waals surface area contributed by atoms with Gasteiger partial charge in [0.05, 0.1) is 10.6 Å². The summed E-state index contributed by atoms with van der Waals surface area (Å²) in [4.78, 5) is 28.2. The number of para-hydroxylation sites is 1. The first-order chi connectivity index (χ1) is 18.6. The Balaban J connectivity index is 2.06. The molecule has 1 N–H and O–H groups in total. The summed E-state index contributed by atoms with van der Waals surface area (Å²) >= 11 is 12.8. The van der Waals surface area contributed by atoms with Crippen LogP contribution in [-0.2, 0) is 26.2 Å². The van der Waals surface area contributed by atoms with Crippen LogP contribution in [0.15, 0.2) is 77.7 Å². The fraction of sp³-hybridized carbons (Fsp3) is 0.286. The number of rotatable bonds is 12. The molecule has 2 amide bonds. The minimum atomic E-state index is -4.29. The van der Waals surface area contributed by atoms with Crippen molar-refractivity contribution in [1.82, 2.24) is 10.2 Å². The van der Waals surface area contributed by atoms with Crippen molar-refractivity contribution in [3.63, 3.8) is 0 Å². The van der Waals surface area contributed by atoms with E-state index in [0.717, 1.165) is 28.6 Å². The van der Waals surface area contributed by atoms with E-state index in [1.165, 1.54) is 4.90 Å². The van der Waals surface area contributed by atoms with Crippen LogP contribution in [0.3, 0.4) is 0 Å². The zero-order valence-electron chi connectivity index (χ0n) is 21.6. The Bertz CT molecular complexity index is 1370. The van der Waals surface area contributed by atoms with Gasteiger partial charge < -0.3 is 10.2 Å². The van der Waals surface area contributed by atoms with E-state index in [2.05, 4.69) is 5.32 Å². The van der Waals surface area contributed by atoms with Crippen molar-refractivity contribution in [2.24, 2.45) is 0 Å². The van der Waals surface area contributed by atoms with Gasteiger partial charge in [0.15, 0.2) is 0 Å². The maximum atomic E-state index is 14.0. The molecule has 39 heavy (non-hydrogen) atoms. The second-order valence-corrected chi connectivity index (χ2v) is 11.4. The number of benzene rings is 3. The highest BCUT2D eigenvalue weighted by Gasteiger charge is 2.34. The van der Waals surface area contributed by atoms with Crippen LogP contribution in [0, 0.1) is 5.82 Å². The van der Waals surface area contributed by atoms with Crippen molar-refractivity contribution in [2.45, 2.75) is 44.2 Å². The van der Waals surface area contributed by atoms with Gasteiger partial charge >= 0.3 is 0 Å². The summed E-state index contributed by atoms with van der Waals surface area (Å²) in [6.45, 7) is 3.35. The van der Waals surface area contributed by atoms with Crippen LogP contribution in [-0.4, -0.2) is 44.3 Å². The van der Waals surface area contributed by atoms with Crippen LogP contribution in [0.1, 0.15) is 32.3 Å². The van der Waals surface area contributed by atoms with Crippen molar-refractivity contribution >= 4 is 50.7 Å². The van der Waals surface area contributed by atoms with Gasteiger partial charge in [0, 0.05) is 28.7 Å². The molecule has 0 bridgehead atoms. The lowest BCUT2D eigenvalue weighted by molar-refractivity contribution is -0.140. The molecule has 1 atom stereocenters. The standard InChI is InChI=1S/C28H30Cl2FN3O4S/c1-3-17-32-28(36)26(4-2)33(18-23-24(29)11-8-12-25(23)30)27(35)19-34(21-9-6-5-7-10-21)39(37,38)22-15-13-20(31)14-16-22/h5-16,26H,3-4,17-19H2,1-2H3,(H,32,36). The first kappa shape index (κ1) is 30.4. The number of carbonyl (C=O) groups excluding carboxylic acids is 2. The molecule has 3 aromatic rings. The summed E-state index contributed by atoms with van der Waals surface area (Å²) in [6.07, 6.45) is 0.962. The average Bonchev–Trinajstić information content (AvgIpc) is 2.92. The third-order valence-electron chi connectivity index (χ3n) is 6.05. The first-order valence-corrected chi connectivity index (χ1v) is 14.6. The summed E-state index contributed by atoms with van der Waals surface area (Å²) in [5.74, 6) is -1.61. The molecule has 0 saturated carbocycles. The Morgan fingerprint density at radius 1 is 0.923 bits per heavy atom. The number of carbonyl (C=O) groups is 2. The predicted octanol–water partition coefficient (Wildman–Crippen LogP) is 5.66. The number of hydrogen-bond donors (Lipinski definition) is 1. The van der Waals surface area contributed by atoms with Gasteiger partial charge in [-0.05, 0) is 61.4 Å². The second kappa shape index (κ2) is 13.8. The Morgan fingerprint density at radius 2 is 1.54 bits per heavy atom. The number of amides is 2. The molecular formula is C28H30Cl2FN3O4S. The summed E-state index contributed by atoms with van der Waals surface area (Å²) < 4.78 is 41.9. The van der Waals surface area contributed by atoms with Crippen LogP contribution in [0.4, 0.5) is 10.1 Å². The second-order valence-electron chi connectivity index (χ2n) is 8.74. The van der Waals surface area contributed by atoms with Crippen LogP contribution in [0.5, 0.6) is 0 Å². The van der Waals surface area contributed by atoms with Crippen LogP contribution >= 0.6 is 23.2 Å². The van der Waals surface area contributed by atoms with Gasteiger partial charge in [-0.15, -0.1) is 0 Å². The molecule has 3 aromatic carbocycles. The van der Waals surface area contributed by atoms with Gasteiger partial charge in [-0.2, -0.15) is 0 Å². The molecule has 0 saturated heterocycles. The number of anilines is 1. The molecule has 0 aromatic heterocycles. The van der Waals surface area contributed by atoms with E-state index in [1.54, 1.807) is 55.5 Å². The SMILES string of the molecule is CCCNC(=O)C(CC)N(Cc1c(Cl)cccc1Cl)C(=O)CN(c1ccccc1)S(=O)(=O)c1ccc(F)cc1. The lowest BCUT2D eigenvalue weighted by Gasteiger charge is -2.33. The molecule has 0 aliphatic carbocycles. The van der Waals surface area contributed by atoms with Crippen LogP contribution < -0.4 is 9.62 Å². The van der Waals surface area contributed by atoms with Gasteiger partial charge in [-0.3, -0.25) is 13.9 Å². The third kappa shape index (κ3) is 7.50. The largest absolute Gasteiger partial charge is 0.354 e. The van der Waals surface area contributed by atoms with Gasteiger partial charge in [-0.1, -0.05) is 61.3 Å². The fourth-order valence-electron chi connectivity index (χ4n) is 4.00. The van der Waals surface area contributed by atoms with E-state index in [1.807, 2.05) is 6.92 Å². The molecule has 0 fully saturated rings. The normalized spacial score (nSPS) is 12.0. The molecule has 3 rings (SSSR count). The molecule has 11 heteroatoms. The lowest BCUT2D eigenvalue weighted by atomic mass is 10.1. The molecule has 0 spiro atoms. The molecule has 0 aliphatic rings. The summed E-state index contributed by atoms with van der Waals surface area (Å²) in [5, 5.41) is 3.43. The highest BCUT2D eigenvalue weighted by Crippen LogP contribution is 2.28. The van der Waals surface area contributed by atoms with Crippen molar-refractivity contribution in [2.75, 3.05) is 17.4 Å². The zero-order valence-corrected chi connectivity index (χ0v) is 23.9. The van der Waals surface area contributed by atoms with Crippen molar-refractivity contribution in [3.05, 3.63) is 94.2 Å². The Morgan fingerprint density at radius 3 is 2.10 bits per heavy atom. The Labute approximate surface area is 238 Å². The van der Waals surface area contributed by atoms with Crippen molar-refractivity contribution in [3.8, 4) is 0 Å². The average molecular weight is 595 g/mol. The minimum absolute atomic E-state index is 0.116. The summed E-state index contributed by atoms with van der Waals surface area (Å²) in [7, 11) is -4.29. The van der Waals surface area contributed by atoms with Crippen LogP contribution in [0.2, 0.25) is 10.0 Å². The number of nitrogens with zero attached hydrogens (tertiary/aromatic N) is 2. The highest BCUT2D eigenvalue weighted by molar-refractivity contribution is 7.92. The quantitative estimate of drug-likeness (QED) is 0.293. The maximum absolute atomic E-state index is 14.0. The van der Waals surface area contributed by atoms with Gasteiger partial charge in [0.25, 0.3) is 10.0 Å². The minimum Gasteiger partial charge on any atom is -0.354 e. The van der Waals surface area contributed by atoms with E-state index in [4.69, 9.17) is 23.2 Å². The van der Waals surface area contributed by atoms with E-state index in [9.17, 15) is 22.4 Å². The molecule has 0 aliphatic heterocycles. The van der Waals surface area contributed by atoms with Crippen molar-refractivity contribution < 1.29 is 22.4 Å². The van der Waals surface area contributed by atoms with Crippen molar-refractivity contribution in [1.29, 1.82) is 0 Å². The topological polar surface area (TPSA) is 86.8 Å². The summed E-state index contributed by atoms with van der Waals surface area (Å²) in [6, 6.07) is 16.4. The Hall–Kier alpha value is -3.14. The van der Waals surface area contributed by atoms with Crippen LogP contribution in [0.25, 0.3) is 0 Å². The first-order valence-electron chi connectivity index (χ1n) is 12.4. The number of sulfonamides is 1. The smallest absolute Gasteiger partial charge is 0.264 e. The van der Waals surface area contributed by atoms with Gasteiger partial charge in [0.1, 0.15) is 18.4 Å². The molecule has 1 unspecified atom stereocenters. The lowest BCUT2D eigenvalue weighted by Crippen LogP contribution is -2.52. The monoisotopic (exact) mass is 593 g/mol. The van der Waals surface area contributed by atoms with E-state index < -0.39 is 34.3 Å². The maximum Gasteiger partial charge on any atom is 0.264 e. The molecule has 208 valence electrons. The van der Waals surface area contributed by atoms with E-state index >= 15 is 0 Å². The molecule has 0 radical (unpaired) electrons. The van der Waals surface area contributed by atoms with E-state index in [0.29, 0.717) is 28.6 Å². The predicted molar refractivity (Wildman–Crippen MR) is 152 cm³/mol. The van der Waals surface area contributed by atoms with Gasteiger partial charge in [-0.25, -0.2) is 12.8 Å². The number of halogens is 3. The number of nitrogens with one attached hydrogen (secondary N) is 1. The number of hydrogen-bond acceptors (Lipinski definition) is 4. The van der Waals surface area contributed by atoms with E-state index in [-0.39, 0.29) is 29.5 Å². The molecular weight excluding hydrogens is 564 g/mol. The third-order valence-corrected chi connectivity index (χ3v) is 8.55. The fourth-order valence-corrected chi connectivity index (χ4v) is 5.93. The Kier molecular flexibility index (Phi) is 10.7.